The standard InChI is InChI=1S/C13H21N3O/c1-3-13(17)16-11-6-5-10(2)12(9-11)15-8-4-7-14/h5-6,9,15H,3-4,7-8,14H2,1-2H3,(H,16,17). The molecule has 0 aliphatic carbocycles. The Morgan fingerprint density at radius 3 is 2.82 bits per heavy atom. The van der Waals surface area contributed by atoms with Crippen LogP contribution in [0.5, 0.6) is 0 Å². The molecule has 0 aliphatic rings. The number of nitrogens with two attached hydrogens (primary N) is 1. The Labute approximate surface area is 103 Å². The Morgan fingerprint density at radius 1 is 1.41 bits per heavy atom. The van der Waals surface area contributed by atoms with Crippen molar-refractivity contribution in [3.05, 3.63) is 23.8 Å². The first kappa shape index (κ1) is 13.5. The first-order valence-corrected chi connectivity index (χ1v) is 6.01. The third kappa shape index (κ3) is 4.44. The highest BCUT2D eigenvalue weighted by Crippen LogP contribution is 2.20. The van der Waals surface area contributed by atoms with Crippen molar-refractivity contribution in [1.82, 2.24) is 0 Å². The summed E-state index contributed by atoms with van der Waals surface area (Å²) in [6.45, 7) is 5.40. The molecule has 0 bridgehead atoms. The summed E-state index contributed by atoms with van der Waals surface area (Å²) in [5.74, 6) is 0.0294. The number of benzene rings is 1. The SMILES string of the molecule is CCC(=O)Nc1ccc(C)c(NCCCN)c1. The lowest BCUT2D eigenvalue weighted by molar-refractivity contribution is -0.115. The van der Waals surface area contributed by atoms with Gasteiger partial charge >= 0.3 is 0 Å². The van der Waals surface area contributed by atoms with Crippen LogP contribution in [0, 0.1) is 6.92 Å². The summed E-state index contributed by atoms with van der Waals surface area (Å²) in [6, 6.07) is 5.87. The molecular weight excluding hydrogens is 214 g/mol. The minimum Gasteiger partial charge on any atom is -0.385 e. The zero-order chi connectivity index (χ0) is 12.7. The monoisotopic (exact) mass is 235 g/mol. The van der Waals surface area contributed by atoms with Gasteiger partial charge in [-0.25, -0.2) is 0 Å². The van der Waals surface area contributed by atoms with Gasteiger partial charge in [0.25, 0.3) is 0 Å². The molecule has 0 heterocycles. The van der Waals surface area contributed by atoms with Crippen molar-refractivity contribution in [3.63, 3.8) is 0 Å². The maximum Gasteiger partial charge on any atom is 0.224 e. The molecule has 4 nitrogen and oxygen atoms in total. The minimum absolute atomic E-state index is 0.0294. The summed E-state index contributed by atoms with van der Waals surface area (Å²) in [6.07, 6.45) is 1.43. The van der Waals surface area contributed by atoms with Gasteiger partial charge in [0.2, 0.25) is 5.91 Å². The molecule has 1 amide bonds. The van der Waals surface area contributed by atoms with Crippen molar-refractivity contribution in [2.24, 2.45) is 5.73 Å². The minimum atomic E-state index is 0.0294. The van der Waals surface area contributed by atoms with E-state index in [-0.39, 0.29) is 5.91 Å². The highest BCUT2D eigenvalue weighted by atomic mass is 16.1. The molecule has 94 valence electrons. The molecule has 0 saturated heterocycles. The summed E-state index contributed by atoms with van der Waals surface area (Å²) >= 11 is 0. The first-order chi connectivity index (χ1) is 8.17. The second-order valence-electron chi connectivity index (χ2n) is 4.00. The molecule has 0 saturated carbocycles. The third-order valence-corrected chi connectivity index (χ3v) is 2.54. The first-order valence-electron chi connectivity index (χ1n) is 6.01. The Balaban J connectivity index is 2.68. The average molecular weight is 235 g/mol. The van der Waals surface area contributed by atoms with E-state index in [1.807, 2.05) is 32.0 Å². The number of anilines is 2. The van der Waals surface area contributed by atoms with Crippen molar-refractivity contribution in [2.45, 2.75) is 26.7 Å². The van der Waals surface area contributed by atoms with E-state index in [0.717, 1.165) is 29.9 Å². The predicted molar refractivity (Wildman–Crippen MR) is 72.3 cm³/mol. The van der Waals surface area contributed by atoms with E-state index in [9.17, 15) is 4.79 Å². The smallest absolute Gasteiger partial charge is 0.224 e. The maximum atomic E-state index is 11.3. The molecule has 0 aromatic heterocycles. The Kier molecular flexibility index (Phi) is 5.49. The topological polar surface area (TPSA) is 67.2 Å². The Hall–Kier alpha value is -1.55. The van der Waals surface area contributed by atoms with Crippen molar-refractivity contribution in [1.29, 1.82) is 0 Å². The van der Waals surface area contributed by atoms with Crippen molar-refractivity contribution in [3.8, 4) is 0 Å². The van der Waals surface area contributed by atoms with Gasteiger partial charge in [0.05, 0.1) is 0 Å². The quantitative estimate of drug-likeness (QED) is 0.661. The van der Waals surface area contributed by atoms with Gasteiger partial charge in [-0.15, -0.1) is 0 Å². The lowest BCUT2D eigenvalue weighted by Gasteiger charge is -2.11. The second-order valence-corrected chi connectivity index (χ2v) is 4.00. The van der Waals surface area contributed by atoms with Gasteiger partial charge in [-0.2, -0.15) is 0 Å². The van der Waals surface area contributed by atoms with Crippen LogP contribution >= 0.6 is 0 Å². The molecule has 4 heteroatoms. The molecule has 0 radical (unpaired) electrons. The van der Waals surface area contributed by atoms with Crippen LogP contribution in [-0.4, -0.2) is 19.0 Å². The van der Waals surface area contributed by atoms with E-state index in [1.54, 1.807) is 0 Å². The van der Waals surface area contributed by atoms with Gasteiger partial charge in [0, 0.05) is 24.3 Å². The number of amides is 1. The van der Waals surface area contributed by atoms with E-state index < -0.39 is 0 Å². The number of nitrogens with one attached hydrogen (secondary N) is 2. The van der Waals surface area contributed by atoms with E-state index in [1.165, 1.54) is 0 Å². The number of carbonyl (C=O) groups excluding carboxylic acids is 1. The van der Waals surface area contributed by atoms with Crippen LogP contribution < -0.4 is 16.4 Å². The van der Waals surface area contributed by atoms with Crippen LogP contribution in [0.15, 0.2) is 18.2 Å². The van der Waals surface area contributed by atoms with Gasteiger partial charge in [-0.3, -0.25) is 4.79 Å². The lowest BCUT2D eigenvalue weighted by atomic mass is 10.1. The fourth-order valence-corrected chi connectivity index (χ4v) is 1.46. The van der Waals surface area contributed by atoms with E-state index in [0.29, 0.717) is 13.0 Å². The van der Waals surface area contributed by atoms with Crippen LogP contribution in [0.4, 0.5) is 11.4 Å². The molecule has 0 spiro atoms. The molecule has 4 N–H and O–H groups in total. The van der Waals surface area contributed by atoms with Crippen LogP contribution in [-0.2, 0) is 4.79 Å². The fraction of sp³-hybridized carbons (Fsp3) is 0.462. The number of hydrogen-bond donors (Lipinski definition) is 3. The largest absolute Gasteiger partial charge is 0.385 e. The maximum absolute atomic E-state index is 11.3. The van der Waals surface area contributed by atoms with Gasteiger partial charge in [0.15, 0.2) is 0 Å². The molecular formula is C13H21N3O. The summed E-state index contributed by atoms with van der Waals surface area (Å²) in [7, 11) is 0. The zero-order valence-corrected chi connectivity index (χ0v) is 10.5. The molecule has 0 aliphatic heterocycles. The molecule has 0 atom stereocenters. The third-order valence-electron chi connectivity index (χ3n) is 2.54. The van der Waals surface area contributed by atoms with Crippen LogP contribution in [0.1, 0.15) is 25.3 Å². The number of hydrogen-bond acceptors (Lipinski definition) is 3. The van der Waals surface area contributed by atoms with Crippen molar-refractivity contribution >= 4 is 17.3 Å². The summed E-state index contributed by atoms with van der Waals surface area (Å²) in [5, 5.41) is 6.16. The molecule has 1 aromatic carbocycles. The highest BCUT2D eigenvalue weighted by Gasteiger charge is 2.02. The van der Waals surface area contributed by atoms with E-state index in [4.69, 9.17) is 5.73 Å². The second kappa shape index (κ2) is 6.91. The van der Waals surface area contributed by atoms with E-state index in [2.05, 4.69) is 10.6 Å². The molecule has 17 heavy (non-hydrogen) atoms. The number of aryl methyl sites for hydroxylation is 1. The van der Waals surface area contributed by atoms with Crippen LogP contribution in [0.25, 0.3) is 0 Å². The fourth-order valence-electron chi connectivity index (χ4n) is 1.46. The van der Waals surface area contributed by atoms with Gasteiger partial charge in [-0.1, -0.05) is 13.0 Å². The zero-order valence-electron chi connectivity index (χ0n) is 10.5. The van der Waals surface area contributed by atoms with Crippen molar-refractivity contribution < 1.29 is 4.79 Å². The van der Waals surface area contributed by atoms with Crippen molar-refractivity contribution in [2.75, 3.05) is 23.7 Å². The van der Waals surface area contributed by atoms with Gasteiger partial charge in [-0.05, 0) is 37.6 Å². The normalized spacial score (nSPS) is 10.1. The molecule has 0 fully saturated rings. The average Bonchev–Trinajstić information content (AvgIpc) is 2.33. The number of rotatable bonds is 6. The van der Waals surface area contributed by atoms with Crippen LogP contribution in [0.3, 0.4) is 0 Å². The lowest BCUT2D eigenvalue weighted by Crippen LogP contribution is -2.11. The highest BCUT2D eigenvalue weighted by molar-refractivity contribution is 5.91. The van der Waals surface area contributed by atoms with Gasteiger partial charge in [0.1, 0.15) is 0 Å². The molecule has 0 unspecified atom stereocenters. The Morgan fingerprint density at radius 2 is 2.18 bits per heavy atom. The summed E-state index contributed by atoms with van der Waals surface area (Å²) in [5.41, 5.74) is 8.49. The number of carbonyl (C=O) groups is 1. The molecule has 1 rings (SSSR count). The Bertz CT molecular complexity index is 377. The van der Waals surface area contributed by atoms with Crippen LogP contribution in [0.2, 0.25) is 0 Å². The van der Waals surface area contributed by atoms with Gasteiger partial charge < -0.3 is 16.4 Å². The van der Waals surface area contributed by atoms with E-state index >= 15 is 0 Å². The summed E-state index contributed by atoms with van der Waals surface area (Å²) in [4.78, 5) is 11.3. The molecule has 1 aromatic rings. The predicted octanol–water partition coefficient (Wildman–Crippen LogP) is 2.10. The summed E-state index contributed by atoms with van der Waals surface area (Å²) < 4.78 is 0.